The number of carbonyl (C=O) groups is 6. The number of hydrogen-bond donors (Lipinski definition) is 2. The minimum atomic E-state index is -3.11. The van der Waals surface area contributed by atoms with Crippen molar-refractivity contribution in [3.8, 4) is 22.3 Å². The van der Waals surface area contributed by atoms with Crippen LogP contribution in [-0.2, 0) is 52.2 Å². The van der Waals surface area contributed by atoms with E-state index in [4.69, 9.17) is 48.1 Å². The maximum Gasteiger partial charge on any atom is 0.425 e. The number of pyridine rings is 2. The SMILES string of the molecule is CCCC(=O)c1cc(-c2ccc3c(c2)C(C)(C)C(C)=N3)cc(C(=O)CCC)n1.CCCCC(=O)c1cc(-c2ccc3c(c2)C(C)(C)C(C)=[N+]3CCCC(=O)O)cc(C(=O)CCC)n1.O=C(O)CCCCCBr.O=S(=O)=O.O=S(=O)=O.O=S(=O)=O. The van der Waals surface area contributed by atoms with E-state index in [1.165, 1.54) is 11.3 Å². The molecule has 0 radical (unpaired) electrons. The van der Waals surface area contributed by atoms with Gasteiger partial charge >= 0.3 is 43.8 Å². The molecule has 2 aromatic carbocycles. The van der Waals surface area contributed by atoms with Gasteiger partial charge in [-0.05, 0) is 136 Å². The summed E-state index contributed by atoms with van der Waals surface area (Å²) < 4.78 is 78.2. The zero-order valence-electron chi connectivity index (χ0n) is 49.2. The molecule has 458 valence electrons. The second-order valence-electron chi connectivity index (χ2n) is 20.5. The van der Waals surface area contributed by atoms with E-state index in [1.807, 2.05) is 64.1 Å². The number of hydrogen-bond acceptors (Lipinski definition) is 18. The lowest BCUT2D eigenvalue weighted by atomic mass is 9.81. The zero-order valence-corrected chi connectivity index (χ0v) is 53.2. The van der Waals surface area contributed by atoms with Crippen molar-refractivity contribution in [2.45, 2.75) is 176 Å². The van der Waals surface area contributed by atoms with E-state index in [0.717, 1.165) is 102 Å². The van der Waals surface area contributed by atoms with Gasteiger partial charge in [-0.25, -0.2) is 9.97 Å². The summed E-state index contributed by atoms with van der Waals surface area (Å²) in [4.78, 5) is 85.0. The first-order valence-corrected chi connectivity index (χ1v) is 31.4. The Morgan fingerprint density at radius 3 is 1.26 bits per heavy atom. The number of benzene rings is 2. The van der Waals surface area contributed by atoms with Crippen LogP contribution < -0.4 is 0 Å². The summed E-state index contributed by atoms with van der Waals surface area (Å²) in [6.07, 6.45) is 9.56. The first-order valence-electron chi connectivity index (χ1n) is 27.3. The smallest absolute Gasteiger partial charge is 0.425 e. The minimum absolute atomic E-state index is 0.0180. The molecule has 0 atom stereocenters. The van der Waals surface area contributed by atoms with Gasteiger partial charge in [-0.2, -0.15) is 4.58 Å². The van der Waals surface area contributed by atoms with Crippen molar-refractivity contribution in [1.29, 1.82) is 0 Å². The molecule has 0 saturated carbocycles. The van der Waals surface area contributed by atoms with E-state index in [-0.39, 0.29) is 40.4 Å². The quantitative estimate of drug-likeness (QED) is 0.0285. The molecule has 2 N–H and O–H groups in total. The Morgan fingerprint density at radius 1 is 0.476 bits per heavy atom. The van der Waals surface area contributed by atoms with Crippen LogP contribution in [0.3, 0.4) is 0 Å². The maximum absolute atomic E-state index is 12.8. The number of nitrogens with zero attached hydrogens (tertiary/aromatic N) is 4. The highest BCUT2D eigenvalue weighted by Crippen LogP contribution is 2.43. The van der Waals surface area contributed by atoms with E-state index in [9.17, 15) is 28.8 Å². The Balaban J connectivity index is 0.000000634. The van der Waals surface area contributed by atoms with Crippen molar-refractivity contribution >= 4 is 106 Å². The van der Waals surface area contributed by atoms with Gasteiger partial charge in [0.15, 0.2) is 28.8 Å². The monoisotopic (exact) mass is 1290 g/mol. The molecular weight excluding hydrogens is 1210 g/mol. The average molecular weight is 1290 g/mol. The Morgan fingerprint density at radius 2 is 0.869 bits per heavy atom. The fraction of sp³-hybridized carbons (Fsp3) is 0.492. The molecular formula is C59H76BrN4O17S3+. The number of aliphatic carboxylic acids is 2. The molecule has 6 rings (SSSR count). The lowest BCUT2D eigenvalue weighted by molar-refractivity contribution is -0.439. The van der Waals surface area contributed by atoms with Crippen LogP contribution >= 0.6 is 15.9 Å². The predicted molar refractivity (Wildman–Crippen MR) is 321 cm³/mol. The molecule has 0 saturated heterocycles. The molecule has 0 amide bonds. The molecule has 84 heavy (non-hydrogen) atoms. The van der Waals surface area contributed by atoms with Crippen LogP contribution in [-0.4, -0.2) is 121 Å². The third-order valence-electron chi connectivity index (χ3n) is 13.6. The van der Waals surface area contributed by atoms with Crippen LogP contribution in [0.15, 0.2) is 65.7 Å². The summed E-state index contributed by atoms with van der Waals surface area (Å²) in [5, 5.41) is 18.2. The van der Waals surface area contributed by atoms with E-state index in [0.29, 0.717) is 67.8 Å². The minimum Gasteiger partial charge on any atom is -0.481 e. The van der Waals surface area contributed by atoms with Gasteiger partial charge in [-0.3, -0.25) is 33.8 Å². The third-order valence-corrected chi connectivity index (χ3v) is 14.1. The molecule has 2 aromatic heterocycles. The number of carboxylic acid groups (broad SMARTS) is 2. The molecule has 21 nitrogen and oxygen atoms in total. The molecule has 0 aliphatic carbocycles. The van der Waals surface area contributed by atoms with Gasteiger partial charge in [-0.15, -0.1) is 37.9 Å². The van der Waals surface area contributed by atoms with Crippen molar-refractivity contribution < 1.29 is 81.4 Å². The third kappa shape index (κ3) is 25.1. The van der Waals surface area contributed by atoms with E-state index < -0.39 is 43.8 Å². The fourth-order valence-corrected chi connectivity index (χ4v) is 9.11. The molecule has 4 heterocycles. The number of aromatic nitrogens is 2. The number of rotatable bonds is 24. The lowest BCUT2D eigenvalue weighted by Crippen LogP contribution is -2.26. The van der Waals surface area contributed by atoms with Gasteiger partial charge < -0.3 is 10.2 Å². The van der Waals surface area contributed by atoms with Crippen molar-refractivity contribution in [3.63, 3.8) is 0 Å². The van der Waals surface area contributed by atoms with Crippen LogP contribution in [0, 0.1) is 0 Å². The van der Waals surface area contributed by atoms with Gasteiger partial charge in [0, 0.05) is 73.5 Å². The number of halogens is 1. The van der Waals surface area contributed by atoms with Crippen LogP contribution in [0.25, 0.3) is 22.3 Å². The number of carboxylic acids is 2. The number of alkyl halides is 1. The molecule has 2 aliphatic heterocycles. The number of fused-ring (bicyclic) bond motifs is 2. The van der Waals surface area contributed by atoms with E-state index in [1.54, 1.807) is 6.07 Å². The highest BCUT2D eigenvalue weighted by molar-refractivity contribution is 9.09. The average Bonchev–Trinajstić information content (AvgIpc) is 2.96. The van der Waals surface area contributed by atoms with Gasteiger partial charge in [0.25, 0.3) is 0 Å². The molecule has 4 aromatic rings. The molecule has 0 unspecified atom stereocenters. The summed E-state index contributed by atoms with van der Waals surface area (Å²) in [5.41, 5.74) is 11.4. The lowest BCUT2D eigenvalue weighted by Gasteiger charge is -2.20. The second kappa shape index (κ2) is 37.4. The first-order chi connectivity index (χ1) is 39.3. The van der Waals surface area contributed by atoms with Gasteiger partial charge in [-0.1, -0.05) is 76.4 Å². The first kappa shape index (κ1) is 75.1. The standard InChI is InChI=1S/C29H36N2O4.C24H28N2O2.C6H11BrO2.3O3S/c1-6-8-11-27(33)24-18-21(17-23(30-24)26(32)10-7-2)20-13-14-25-22(16-20)29(4,5)19(3)31(25)15-9-12-28(34)35;1-6-8-22(27)20-13-17(14-21(26-20)23(28)9-7-2)16-10-11-19-18(12-16)24(4,5)15(3)25-19;7-5-3-1-2-4-6(8)9;3*1-4(2)3/h13-14,16-18H,6-12,15H2,1-5H3;10-14H,6-9H2,1-5H3;1-5H2,(H,8,9);;;/p+1. The van der Waals surface area contributed by atoms with Gasteiger partial charge in [0.1, 0.15) is 29.3 Å². The van der Waals surface area contributed by atoms with E-state index in [2.05, 4.69) is 95.2 Å². The normalized spacial score (nSPS) is 12.6. The highest BCUT2D eigenvalue weighted by atomic mass is 79.9. The van der Waals surface area contributed by atoms with Crippen molar-refractivity contribution in [3.05, 3.63) is 94.6 Å². The number of ketones is 4. The largest absolute Gasteiger partial charge is 0.481 e. The zero-order chi connectivity index (χ0) is 64.1. The van der Waals surface area contributed by atoms with Crippen LogP contribution in [0.2, 0.25) is 0 Å². The summed E-state index contributed by atoms with van der Waals surface area (Å²) >= 11 is 3.27. The van der Waals surface area contributed by atoms with Crippen molar-refractivity contribution in [1.82, 2.24) is 9.97 Å². The Hall–Kier alpha value is -6.96. The van der Waals surface area contributed by atoms with Gasteiger partial charge in [0.2, 0.25) is 5.69 Å². The molecule has 0 bridgehead atoms. The highest BCUT2D eigenvalue weighted by Gasteiger charge is 2.43. The van der Waals surface area contributed by atoms with Crippen LogP contribution in [0.5, 0.6) is 0 Å². The van der Waals surface area contributed by atoms with Crippen LogP contribution in [0.1, 0.15) is 219 Å². The number of unbranched alkanes of at least 4 members (excludes halogenated alkanes) is 3. The van der Waals surface area contributed by atoms with E-state index >= 15 is 0 Å². The summed E-state index contributed by atoms with van der Waals surface area (Å²) in [5.74, 6) is -1.59. The Labute approximate surface area is 504 Å². The number of aliphatic imine (C=N–C) groups is 1. The van der Waals surface area contributed by atoms with Gasteiger partial charge in [0.05, 0.1) is 17.5 Å². The fourth-order valence-electron chi connectivity index (χ4n) is 8.71. The summed E-state index contributed by atoms with van der Waals surface area (Å²) in [6, 6.07) is 19.6. The number of Topliss-reactive ketones (excluding diaryl/α,β-unsaturated/α-hetero) is 4. The molecule has 2 aliphatic rings. The molecule has 0 spiro atoms. The molecule has 0 fully saturated rings. The topological polar surface area (TPSA) is 338 Å². The molecule has 25 heteroatoms. The predicted octanol–water partition coefficient (Wildman–Crippen LogP) is 11.5. The summed E-state index contributed by atoms with van der Waals surface area (Å²) in [6.45, 7) is 21.4. The maximum atomic E-state index is 12.8. The van der Waals surface area contributed by atoms with Crippen LogP contribution in [0.4, 0.5) is 11.4 Å². The Bertz CT molecular complexity index is 3310. The van der Waals surface area contributed by atoms with Crippen molar-refractivity contribution in [2.75, 3.05) is 11.9 Å². The second-order valence-corrected chi connectivity index (χ2v) is 22.5. The Kier molecular flexibility index (Phi) is 33.4. The van der Waals surface area contributed by atoms with Crippen molar-refractivity contribution in [2.24, 2.45) is 4.99 Å². The summed E-state index contributed by atoms with van der Waals surface area (Å²) in [7, 11) is -9.33. The number of carbonyl (C=O) groups excluding carboxylic acids is 4.